The van der Waals surface area contributed by atoms with Gasteiger partial charge < -0.3 is 10.6 Å². The number of benzene rings is 1. The van der Waals surface area contributed by atoms with Gasteiger partial charge in [-0.15, -0.1) is 0 Å². The highest BCUT2D eigenvalue weighted by atomic mass is 79.9. The Balaban J connectivity index is 2.47. The molecule has 1 amide bonds. The van der Waals surface area contributed by atoms with Crippen LogP contribution in [0.4, 0.5) is 5.69 Å². The van der Waals surface area contributed by atoms with Gasteiger partial charge in [-0.2, -0.15) is 0 Å². The van der Waals surface area contributed by atoms with Crippen molar-refractivity contribution < 1.29 is 4.79 Å². The van der Waals surface area contributed by atoms with Gasteiger partial charge in [0.2, 0.25) is 5.91 Å². The van der Waals surface area contributed by atoms with Gasteiger partial charge in [0, 0.05) is 28.5 Å². The second kappa shape index (κ2) is 6.99. The van der Waals surface area contributed by atoms with Gasteiger partial charge in [-0.05, 0) is 34.1 Å². The molecule has 94 valence electrons. The van der Waals surface area contributed by atoms with Crippen molar-refractivity contribution in [3.63, 3.8) is 0 Å². The van der Waals surface area contributed by atoms with Crippen molar-refractivity contribution in [1.29, 1.82) is 0 Å². The lowest BCUT2D eigenvalue weighted by Crippen LogP contribution is -2.27. The van der Waals surface area contributed by atoms with Gasteiger partial charge in [-0.1, -0.05) is 25.4 Å². The van der Waals surface area contributed by atoms with Crippen molar-refractivity contribution in [2.45, 2.75) is 26.3 Å². The van der Waals surface area contributed by atoms with E-state index in [0.717, 1.165) is 4.47 Å². The zero-order valence-corrected chi connectivity index (χ0v) is 12.2. The van der Waals surface area contributed by atoms with Crippen LogP contribution in [0.25, 0.3) is 0 Å². The molecule has 0 fully saturated rings. The number of carbonyl (C=O) groups excluding carboxylic acids is 1. The third kappa shape index (κ3) is 5.52. The van der Waals surface area contributed by atoms with E-state index < -0.39 is 0 Å². The van der Waals surface area contributed by atoms with Gasteiger partial charge in [0.1, 0.15) is 0 Å². The van der Waals surface area contributed by atoms with Crippen LogP contribution in [0.3, 0.4) is 0 Å². The van der Waals surface area contributed by atoms with E-state index in [1.54, 1.807) is 12.1 Å². The highest BCUT2D eigenvalue weighted by molar-refractivity contribution is 9.10. The third-order valence-electron chi connectivity index (χ3n) is 2.11. The molecule has 3 nitrogen and oxygen atoms in total. The highest BCUT2D eigenvalue weighted by Gasteiger charge is 2.06. The second-order valence-electron chi connectivity index (χ2n) is 4.03. The van der Waals surface area contributed by atoms with Gasteiger partial charge in [-0.3, -0.25) is 4.79 Å². The standard InChI is InChI=1S/C12H16BrClN2O/c1-8(2)15-6-5-12(17)16-11-7-9(14)3-4-10(11)13/h3-4,7-8,15H,5-6H2,1-2H3,(H,16,17). The van der Waals surface area contributed by atoms with Gasteiger partial charge >= 0.3 is 0 Å². The summed E-state index contributed by atoms with van der Waals surface area (Å²) < 4.78 is 0.826. The number of hydrogen-bond acceptors (Lipinski definition) is 2. The molecule has 0 aliphatic carbocycles. The Hall–Kier alpha value is -0.580. The molecule has 2 N–H and O–H groups in total. The first-order valence-electron chi connectivity index (χ1n) is 5.47. The summed E-state index contributed by atoms with van der Waals surface area (Å²) in [4.78, 5) is 11.6. The predicted molar refractivity (Wildman–Crippen MR) is 75.5 cm³/mol. The number of carbonyl (C=O) groups is 1. The summed E-state index contributed by atoms with van der Waals surface area (Å²) in [5.41, 5.74) is 0.701. The van der Waals surface area contributed by atoms with Crippen molar-refractivity contribution >= 4 is 39.1 Å². The summed E-state index contributed by atoms with van der Waals surface area (Å²) in [6.07, 6.45) is 0.442. The minimum absolute atomic E-state index is 0.0267. The van der Waals surface area contributed by atoms with E-state index in [0.29, 0.717) is 29.7 Å². The van der Waals surface area contributed by atoms with E-state index in [4.69, 9.17) is 11.6 Å². The highest BCUT2D eigenvalue weighted by Crippen LogP contribution is 2.25. The molecule has 0 bridgehead atoms. The number of amides is 1. The third-order valence-corrected chi connectivity index (χ3v) is 3.03. The van der Waals surface area contributed by atoms with Gasteiger partial charge in [0.05, 0.1) is 5.69 Å². The number of halogens is 2. The Morgan fingerprint density at radius 2 is 2.18 bits per heavy atom. The van der Waals surface area contributed by atoms with Crippen LogP contribution >= 0.6 is 27.5 Å². The average molecular weight is 320 g/mol. The minimum Gasteiger partial charge on any atom is -0.325 e. The fourth-order valence-corrected chi connectivity index (χ4v) is 1.80. The van der Waals surface area contributed by atoms with Crippen LogP contribution in [0.5, 0.6) is 0 Å². The van der Waals surface area contributed by atoms with E-state index in [-0.39, 0.29) is 5.91 Å². The quantitative estimate of drug-likeness (QED) is 0.873. The van der Waals surface area contributed by atoms with Crippen LogP contribution in [0, 0.1) is 0 Å². The van der Waals surface area contributed by atoms with Crippen molar-refractivity contribution in [3.8, 4) is 0 Å². The Bertz CT molecular complexity index is 396. The van der Waals surface area contributed by atoms with E-state index >= 15 is 0 Å². The van der Waals surface area contributed by atoms with Crippen LogP contribution < -0.4 is 10.6 Å². The lowest BCUT2D eigenvalue weighted by atomic mass is 10.3. The lowest BCUT2D eigenvalue weighted by Gasteiger charge is -2.09. The molecule has 0 unspecified atom stereocenters. The lowest BCUT2D eigenvalue weighted by molar-refractivity contribution is -0.116. The van der Waals surface area contributed by atoms with Crippen molar-refractivity contribution in [3.05, 3.63) is 27.7 Å². The summed E-state index contributed by atoms with van der Waals surface area (Å²) in [6.45, 7) is 4.76. The minimum atomic E-state index is -0.0267. The van der Waals surface area contributed by atoms with E-state index in [1.807, 2.05) is 19.9 Å². The topological polar surface area (TPSA) is 41.1 Å². The van der Waals surface area contributed by atoms with Gasteiger partial charge in [0.15, 0.2) is 0 Å². The van der Waals surface area contributed by atoms with Crippen LogP contribution in [0.1, 0.15) is 20.3 Å². The zero-order chi connectivity index (χ0) is 12.8. The van der Waals surface area contributed by atoms with Crippen molar-refractivity contribution in [2.24, 2.45) is 0 Å². The van der Waals surface area contributed by atoms with Crippen molar-refractivity contribution in [1.82, 2.24) is 5.32 Å². The molecule has 0 aromatic heterocycles. The molecule has 5 heteroatoms. The largest absolute Gasteiger partial charge is 0.325 e. The molecule has 0 spiro atoms. The Morgan fingerprint density at radius 3 is 2.82 bits per heavy atom. The molecular formula is C12H16BrClN2O. The van der Waals surface area contributed by atoms with Crippen LogP contribution in [-0.4, -0.2) is 18.5 Å². The first-order valence-corrected chi connectivity index (χ1v) is 6.64. The zero-order valence-electron chi connectivity index (χ0n) is 9.89. The molecule has 1 aromatic rings. The van der Waals surface area contributed by atoms with E-state index in [9.17, 15) is 4.79 Å². The maximum Gasteiger partial charge on any atom is 0.225 e. The summed E-state index contributed by atoms with van der Waals surface area (Å²) in [7, 11) is 0. The number of rotatable bonds is 5. The molecule has 0 radical (unpaired) electrons. The molecule has 0 heterocycles. The Kier molecular flexibility index (Phi) is 5.95. The molecule has 1 rings (SSSR count). The van der Waals surface area contributed by atoms with Crippen LogP contribution in [-0.2, 0) is 4.79 Å². The first kappa shape index (κ1) is 14.5. The maximum absolute atomic E-state index is 11.6. The summed E-state index contributed by atoms with van der Waals surface area (Å²) in [5.74, 6) is -0.0267. The summed E-state index contributed by atoms with van der Waals surface area (Å²) >= 11 is 9.22. The molecule has 1 aromatic carbocycles. The SMILES string of the molecule is CC(C)NCCC(=O)Nc1cc(Cl)ccc1Br. The fraction of sp³-hybridized carbons (Fsp3) is 0.417. The Morgan fingerprint density at radius 1 is 1.47 bits per heavy atom. The van der Waals surface area contributed by atoms with Gasteiger partial charge in [0.25, 0.3) is 0 Å². The molecule has 0 aliphatic heterocycles. The average Bonchev–Trinajstić information content (AvgIpc) is 2.23. The van der Waals surface area contributed by atoms with Crippen LogP contribution in [0.15, 0.2) is 22.7 Å². The summed E-state index contributed by atoms with van der Waals surface area (Å²) in [5, 5.41) is 6.60. The molecular weight excluding hydrogens is 304 g/mol. The second-order valence-corrected chi connectivity index (χ2v) is 5.32. The normalized spacial score (nSPS) is 10.6. The van der Waals surface area contributed by atoms with E-state index in [1.165, 1.54) is 0 Å². The molecule has 17 heavy (non-hydrogen) atoms. The Labute approximate surface area is 115 Å². The molecule has 0 saturated heterocycles. The fourth-order valence-electron chi connectivity index (χ4n) is 1.28. The number of nitrogens with one attached hydrogen (secondary N) is 2. The monoisotopic (exact) mass is 318 g/mol. The smallest absolute Gasteiger partial charge is 0.225 e. The van der Waals surface area contributed by atoms with Crippen LogP contribution in [0.2, 0.25) is 5.02 Å². The molecule has 0 atom stereocenters. The number of anilines is 1. The molecule has 0 saturated carbocycles. The van der Waals surface area contributed by atoms with Gasteiger partial charge in [-0.25, -0.2) is 0 Å². The van der Waals surface area contributed by atoms with Crippen molar-refractivity contribution in [2.75, 3.05) is 11.9 Å². The molecule has 0 aliphatic rings. The number of hydrogen-bond donors (Lipinski definition) is 2. The van der Waals surface area contributed by atoms with E-state index in [2.05, 4.69) is 26.6 Å². The summed E-state index contributed by atoms with van der Waals surface area (Å²) in [6, 6.07) is 5.69. The predicted octanol–water partition coefficient (Wildman–Crippen LogP) is 3.43. The maximum atomic E-state index is 11.6. The first-order chi connectivity index (χ1) is 7.99.